The third-order valence-electron chi connectivity index (χ3n) is 0.999. The molecule has 3 heteroatoms. The number of alkyl halides is 1. The van der Waals surface area contributed by atoms with Crippen molar-refractivity contribution in [3.05, 3.63) is 12.2 Å². The molecular weight excluding hydrogens is 164 g/mol. The topological polar surface area (TPSA) is 26.3 Å². The summed E-state index contributed by atoms with van der Waals surface area (Å²) in [5.41, 5.74) is 0. The Labute approximate surface area is 72.2 Å². The summed E-state index contributed by atoms with van der Waals surface area (Å²) in [4.78, 5) is 10.4. The molecule has 0 saturated heterocycles. The fourth-order valence-corrected chi connectivity index (χ4v) is 0.695. The Kier molecular flexibility index (Phi) is 4.95. The van der Waals surface area contributed by atoms with Gasteiger partial charge < -0.3 is 4.74 Å². The molecule has 0 N–H and O–H groups in total. The van der Waals surface area contributed by atoms with Crippen LogP contribution in [-0.4, -0.2) is 17.5 Å². The highest BCUT2D eigenvalue weighted by atomic mass is 35.5. The second kappa shape index (κ2) is 5.19. The maximum Gasteiger partial charge on any atom is 0.303 e. The molecule has 0 aromatic carbocycles. The van der Waals surface area contributed by atoms with Crippen molar-refractivity contribution in [3.8, 4) is 0 Å². The summed E-state index contributed by atoms with van der Waals surface area (Å²) in [5.74, 6) is -0.274. The van der Waals surface area contributed by atoms with Gasteiger partial charge in [0.1, 0.15) is 6.10 Å². The van der Waals surface area contributed by atoms with Gasteiger partial charge in [0.05, 0.1) is 0 Å². The van der Waals surface area contributed by atoms with Gasteiger partial charge in [-0.25, -0.2) is 0 Å². The summed E-state index contributed by atoms with van der Waals surface area (Å²) in [5, 5.41) is -0.0204. The maximum atomic E-state index is 10.4. The first-order valence-electron chi connectivity index (χ1n) is 3.52. The number of carbonyl (C=O) groups is 1. The molecule has 11 heavy (non-hydrogen) atoms. The van der Waals surface area contributed by atoms with Crippen molar-refractivity contribution in [3.63, 3.8) is 0 Å². The van der Waals surface area contributed by atoms with Crippen LogP contribution in [0.2, 0.25) is 0 Å². The van der Waals surface area contributed by atoms with Crippen LogP contribution in [0.15, 0.2) is 12.2 Å². The van der Waals surface area contributed by atoms with Gasteiger partial charge in [0.2, 0.25) is 0 Å². The fraction of sp³-hybridized carbons (Fsp3) is 0.625. The molecular formula is C8H13ClO2. The Morgan fingerprint density at radius 1 is 1.45 bits per heavy atom. The smallest absolute Gasteiger partial charge is 0.303 e. The van der Waals surface area contributed by atoms with Crippen LogP contribution in [0.1, 0.15) is 20.8 Å². The highest BCUT2D eigenvalue weighted by molar-refractivity contribution is 6.21. The number of hydrogen-bond acceptors (Lipinski definition) is 2. The van der Waals surface area contributed by atoms with Gasteiger partial charge in [-0.1, -0.05) is 6.08 Å². The largest absolute Gasteiger partial charge is 0.459 e. The van der Waals surface area contributed by atoms with Crippen LogP contribution in [0.4, 0.5) is 0 Å². The lowest BCUT2D eigenvalue weighted by Gasteiger charge is -2.05. The third kappa shape index (κ3) is 7.40. The number of hydrogen-bond donors (Lipinski definition) is 0. The van der Waals surface area contributed by atoms with E-state index in [1.54, 1.807) is 19.1 Å². The van der Waals surface area contributed by atoms with Gasteiger partial charge in [0.15, 0.2) is 0 Å². The van der Waals surface area contributed by atoms with Crippen LogP contribution >= 0.6 is 11.6 Å². The highest BCUT2D eigenvalue weighted by Gasteiger charge is 1.99. The molecule has 0 aromatic rings. The molecule has 0 unspecified atom stereocenters. The number of carbonyl (C=O) groups excluding carboxylic acids is 1. The lowest BCUT2D eigenvalue weighted by molar-refractivity contribution is -0.143. The Morgan fingerprint density at radius 3 is 2.36 bits per heavy atom. The van der Waals surface area contributed by atoms with Crippen molar-refractivity contribution in [2.75, 3.05) is 0 Å². The number of allylic oxidation sites excluding steroid dienone is 1. The Hall–Kier alpha value is -0.500. The predicted molar refractivity (Wildman–Crippen MR) is 45.7 cm³/mol. The molecule has 0 aliphatic heterocycles. The van der Waals surface area contributed by atoms with E-state index in [1.165, 1.54) is 6.92 Å². The monoisotopic (exact) mass is 176 g/mol. The second-order valence-electron chi connectivity index (χ2n) is 2.38. The highest BCUT2D eigenvalue weighted by Crippen LogP contribution is 1.99. The van der Waals surface area contributed by atoms with Gasteiger partial charge in [-0.15, -0.1) is 11.6 Å². The number of esters is 1. The van der Waals surface area contributed by atoms with Crippen LogP contribution in [0, 0.1) is 0 Å². The summed E-state index contributed by atoms with van der Waals surface area (Å²) in [7, 11) is 0. The summed E-state index contributed by atoms with van der Waals surface area (Å²) < 4.78 is 4.82. The molecule has 0 bridgehead atoms. The molecule has 2 nitrogen and oxygen atoms in total. The fourth-order valence-electron chi connectivity index (χ4n) is 0.611. The summed E-state index contributed by atoms with van der Waals surface area (Å²) >= 11 is 5.63. The zero-order valence-electron chi connectivity index (χ0n) is 7.00. The van der Waals surface area contributed by atoms with Crippen LogP contribution in [0.5, 0.6) is 0 Å². The maximum absolute atomic E-state index is 10.4. The quantitative estimate of drug-likeness (QED) is 0.374. The summed E-state index contributed by atoms with van der Waals surface area (Å²) in [6.45, 7) is 5.02. The number of halogens is 1. The van der Waals surface area contributed by atoms with E-state index in [-0.39, 0.29) is 17.5 Å². The van der Waals surface area contributed by atoms with E-state index in [0.717, 1.165) is 0 Å². The van der Waals surface area contributed by atoms with Gasteiger partial charge in [-0.05, 0) is 19.9 Å². The number of rotatable bonds is 3. The van der Waals surface area contributed by atoms with Crippen molar-refractivity contribution in [1.29, 1.82) is 0 Å². The van der Waals surface area contributed by atoms with Crippen molar-refractivity contribution < 1.29 is 9.53 Å². The lowest BCUT2D eigenvalue weighted by atomic mass is 10.3. The zero-order valence-corrected chi connectivity index (χ0v) is 7.76. The first-order valence-corrected chi connectivity index (χ1v) is 3.95. The van der Waals surface area contributed by atoms with Gasteiger partial charge >= 0.3 is 5.97 Å². The van der Waals surface area contributed by atoms with E-state index >= 15 is 0 Å². The normalized spacial score (nSPS) is 16.4. The molecule has 0 aliphatic carbocycles. The molecule has 0 amide bonds. The van der Waals surface area contributed by atoms with E-state index in [2.05, 4.69) is 0 Å². The lowest BCUT2D eigenvalue weighted by Crippen LogP contribution is -2.09. The first kappa shape index (κ1) is 10.5. The average molecular weight is 177 g/mol. The van der Waals surface area contributed by atoms with E-state index in [0.29, 0.717) is 0 Å². The van der Waals surface area contributed by atoms with Crippen molar-refractivity contribution in [1.82, 2.24) is 0 Å². The molecule has 0 rings (SSSR count). The van der Waals surface area contributed by atoms with Crippen molar-refractivity contribution >= 4 is 17.6 Å². The Balaban J connectivity index is 3.68. The van der Waals surface area contributed by atoms with E-state index in [4.69, 9.17) is 16.3 Å². The molecule has 0 radical (unpaired) electrons. The zero-order chi connectivity index (χ0) is 8.85. The van der Waals surface area contributed by atoms with Crippen molar-refractivity contribution in [2.24, 2.45) is 0 Å². The Bertz CT molecular complexity index is 152. The molecule has 0 aromatic heterocycles. The average Bonchev–Trinajstić information content (AvgIpc) is 1.82. The molecule has 0 heterocycles. The third-order valence-corrected chi connectivity index (χ3v) is 1.14. The van der Waals surface area contributed by atoms with Crippen LogP contribution in [0.3, 0.4) is 0 Å². The van der Waals surface area contributed by atoms with Crippen LogP contribution in [-0.2, 0) is 9.53 Å². The molecule has 64 valence electrons. The van der Waals surface area contributed by atoms with Crippen molar-refractivity contribution in [2.45, 2.75) is 32.3 Å². The minimum Gasteiger partial charge on any atom is -0.459 e. The molecule has 0 aliphatic rings. The van der Waals surface area contributed by atoms with Crippen LogP contribution < -0.4 is 0 Å². The summed E-state index contributed by atoms with van der Waals surface area (Å²) in [6.07, 6.45) is 3.36. The second-order valence-corrected chi connectivity index (χ2v) is 3.07. The molecule has 0 fully saturated rings. The minimum atomic E-state index is -0.274. The van der Waals surface area contributed by atoms with Gasteiger partial charge in [0, 0.05) is 12.3 Å². The summed E-state index contributed by atoms with van der Waals surface area (Å²) in [6, 6.07) is 0. The SMILES string of the molecule is CC(=O)O[C@@H](C)/C=C/[C@@H](C)Cl. The Morgan fingerprint density at radius 2 is 2.00 bits per heavy atom. The van der Waals surface area contributed by atoms with Gasteiger partial charge in [0.25, 0.3) is 0 Å². The molecule has 0 spiro atoms. The minimum absolute atomic E-state index is 0.0204. The van der Waals surface area contributed by atoms with Gasteiger partial charge in [-0.2, -0.15) is 0 Å². The van der Waals surface area contributed by atoms with E-state index < -0.39 is 0 Å². The standard InChI is InChI=1S/C8H13ClO2/c1-6(9)4-5-7(2)11-8(3)10/h4-7H,1-3H3/b5-4+/t6-,7+/m1/s1. The first-order chi connectivity index (χ1) is 5.02. The predicted octanol–water partition coefficient (Wildman–Crippen LogP) is 2.12. The molecule has 0 saturated carbocycles. The van der Waals surface area contributed by atoms with E-state index in [1.807, 2.05) is 6.92 Å². The van der Waals surface area contributed by atoms with E-state index in [9.17, 15) is 4.79 Å². The molecule has 2 atom stereocenters. The van der Waals surface area contributed by atoms with Gasteiger partial charge in [-0.3, -0.25) is 4.79 Å². The van der Waals surface area contributed by atoms with Crippen LogP contribution in [0.25, 0.3) is 0 Å². The number of ether oxygens (including phenoxy) is 1.